The number of hydrogen-bond donors (Lipinski definition) is 2. The quantitative estimate of drug-likeness (QED) is 0.632. The molecule has 0 saturated heterocycles. The van der Waals surface area contributed by atoms with Gasteiger partial charge in [0.15, 0.2) is 5.75 Å². The lowest BCUT2D eigenvalue weighted by Gasteiger charge is -2.06. The molecule has 1 rings (SSSR count). The van der Waals surface area contributed by atoms with E-state index in [1.54, 1.807) is 12.1 Å². The molecule has 0 aliphatic heterocycles. The summed E-state index contributed by atoms with van der Waals surface area (Å²) in [6.45, 7) is 0. The van der Waals surface area contributed by atoms with E-state index in [1.807, 2.05) is 0 Å². The van der Waals surface area contributed by atoms with E-state index >= 15 is 0 Å². The van der Waals surface area contributed by atoms with Gasteiger partial charge in [0.25, 0.3) is 0 Å². The molecule has 0 bridgehead atoms. The molecule has 60 valence electrons. The van der Waals surface area contributed by atoms with Crippen molar-refractivity contribution in [1.29, 1.82) is 0 Å². The van der Waals surface area contributed by atoms with E-state index in [9.17, 15) is 0 Å². The third-order valence-electron chi connectivity index (χ3n) is 1.30. The molecular weight excluding hydrogens is 164 g/mol. The van der Waals surface area contributed by atoms with E-state index in [0.717, 1.165) is 0 Å². The third kappa shape index (κ3) is 1.49. The third-order valence-corrected chi connectivity index (χ3v) is 1.58. The van der Waals surface area contributed by atoms with Gasteiger partial charge in [-0.3, -0.25) is 0 Å². The van der Waals surface area contributed by atoms with E-state index in [-0.39, 0.29) is 0 Å². The number of anilines is 2. The minimum Gasteiger partial charge on any atom is -0.493 e. The molecule has 1 aromatic rings. The molecule has 0 unspecified atom stereocenters. The van der Waals surface area contributed by atoms with Gasteiger partial charge in [0.05, 0.1) is 17.8 Å². The van der Waals surface area contributed by atoms with Crippen LogP contribution in [0.4, 0.5) is 11.4 Å². The molecule has 0 aliphatic rings. The zero-order chi connectivity index (χ0) is 8.43. The highest BCUT2D eigenvalue weighted by molar-refractivity contribution is 6.32. The summed E-state index contributed by atoms with van der Waals surface area (Å²) in [5, 5.41) is 0.435. The van der Waals surface area contributed by atoms with Gasteiger partial charge < -0.3 is 16.2 Å². The fraction of sp³-hybridized carbons (Fsp3) is 0.143. The molecule has 0 amide bonds. The molecule has 0 aromatic heterocycles. The molecule has 4 heteroatoms. The first kappa shape index (κ1) is 8.01. The smallest absolute Gasteiger partial charge is 0.160 e. The summed E-state index contributed by atoms with van der Waals surface area (Å²) in [5.41, 5.74) is 12.0. The SMILES string of the molecule is COc1c(N)cc(N)cc1Cl. The highest BCUT2D eigenvalue weighted by Crippen LogP contribution is 2.32. The molecule has 0 aliphatic carbocycles. The first-order valence-electron chi connectivity index (χ1n) is 3.03. The van der Waals surface area contributed by atoms with Crippen molar-refractivity contribution in [1.82, 2.24) is 0 Å². The average Bonchev–Trinajstić information content (AvgIpc) is 1.85. The van der Waals surface area contributed by atoms with E-state index in [4.69, 9.17) is 27.8 Å². The summed E-state index contributed by atoms with van der Waals surface area (Å²) < 4.78 is 4.92. The minimum atomic E-state index is 0.435. The zero-order valence-electron chi connectivity index (χ0n) is 6.10. The van der Waals surface area contributed by atoms with Crippen molar-refractivity contribution in [3.05, 3.63) is 17.2 Å². The number of nitrogens with two attached hydrogens (primary N) is 2. The van der Waals surface area contributed by atoms with Crippen molar-refractivity contribution in [2.75, 3.05) is 18.6 Å². The summed E-state index contributed by atoms with van der Waals surface area (Å²) in [4.78, 5) is 0. The van der Waals surface area contributed by atoms with Crippen molar-refractivity contribution in [2.24, 2.45) is 0 Å². The molecule has 0 fully saturated rings. The monoisotopic (exact) mass is 172 g/mol. The van der Waals surface area contributed by atoms with E-state index in [1.165, 1.54) is 7.11 Å². The maximum Gasteiger partial charge on any atom is 0.160 e. The molecule has 3 nitrogen and oxygen atoms in total. The highest BCUT2D eigenvalue weighted by Gasteiger charge is 2.04. The van der Waals surface area contributed by atoms with Crippen LogP contribution in [0.1, 0.15) is 0 Å². The molecule has 1 aromatic carbocycles. The molecule has 4 N–H and O–H groups in total. The summed E-state index contributed by atoms with van der Waals surface area (Å²) in [6.07, 6.45) is 0. The van der Waals surface area contributed by atoms with Gasteiger partial charge in [0.2, 0.25) is 0 Å². The van der Waals surface area contributed by atoms with Crippen LogP contribution in [0.3, 0.4) is 0 Å². The molecule has 0 saturated carbocycles. The number of halogens is 1. The fourth-order valence-corrected chi connectivity index (χ4v) is 1.16. The van der Waals surface area contributed by atoms with Crippen LogP contribution in [0.15, 0.2) is 12.1 Å². The summed E-state index contributed by atoms with van der Waals surface area (Å²) in [6, 6.07) is 3.20. The van der Waals surface area contributed by atoms with Gasteiger partial charge in [0.1, 0.15) is 0 Å². The van der Waals surface area contributed by atoms with Crippen LogP contribution in [0, 0.1) is 0 Å². The Labute approximate surface area is 69.9 Å². The molecule has 0 heterocycles. The average molecular weight is 173 g/mol. The lowest BCUT2D eigenvalue weighted by atomic mass is 10.2. The normalized spacial score (nSPS) is 9.64. The van der Waals surface area contributed by atoms with Crippen molar-refractivity contribution >= 4 is 23.0 Å². The first-order valence-corrected chi connectivity index (χ1v) is 3.41. The second-order valence-corrected chi connectivity index (χ2v) is 2.53. The number of hydrogen-bond acceptors (Lipinski definition) is 3. The Morgan fingerprint density at radius 3 is 2.45 bits per heavy atom. The second kappa shape index (κ2) is 2.88. The van der Waals surface area contributed by atoms with Crippen LogP contribution >= 0.6 is 11.6 Å². The number of ether oxygens (including phenoxy) is 1. The summed E-state index contributed by atoms with van der Waals surface area (Å²) in [5.74, 6) is 0.473. The van der Waals surface area contributed by atoms with Gasteiger partial charge in [-0.15, -0.1) is 0 Å². The molecule has 0 spiro atoms. The topological polar surface area (TPSA) is 61.3 Å². The van der Waals surface area contributed by atoms with Crippen LogP contribution in [-0.4, -0.2) is 7.11 Å². The summed E-state index contributed by atoms with van der Waals surface area (Å²) >= 11 is 5.75. The van der Waals surface area contributed by atoms with Crippen LogP contribution in [-0.2, 0) is 0 Å². The minimum absolute atomic E-state index is 0.435. The van der Waals surface area contributed by atoms with Crippen LogP contribution in [0.5, 0.6) is 5.75 Å². The predicted molar refractivity (Wildman–Crippen MR) is 46.8 cm³/mol. The maximum absolute atomic E-state index is 5.75. The van der Waals surface area contributed by atoms with Crippen LogP contribution in [0.25, 0.3) is 0 Å². The van der Waals surface area contributed by atoms with E-state index < -0.39 is 0 Å². The van der Waals surface area contributed by atoms with Crippen molar-refractivity contribution in [2.45, 2.75) is 0 Å². The Hall–Kier alpha value is -1.09. The zero-order valence-corrected chi connectivity index (χ0v) is 6.85. The van der Waals surface area contributed by atoms with Gasteiger partial charge in [-0.05, 0) is 12.1 Å². The van der Waals surface area contributed by atoms with E-state index in [2.05, 4.69) is 0 Å². The molecular formula is C7H9ClN2O. The number of nitrogen functional groups attached to an aromatic ring is 2. The first-order chi connectivity index (χ1) is 5.15. The lowest BCUT2D eigenvalue weighted by Crippen LogP contribution is -1.95. The van der Waals surface area contributed by atoms with Gasteiger partial charge in [0, 0.05) is 5.69 Å². The van der Waals surface area contributed by atoms with Gasteiger partial charge in [-0.1, -0.05) is 11.6 Å². The maximum atomic E-state index is 5.75. The molecule has 0 radical (unpaired) electrons. The number of methoxy groups -OCH3 is 1. The highest BCUT2D eigenvalue weighted by atomic mass is 35.5. The Bertz CT molecular complexity index is 252. The summed E-state index contributed by atoms with van der Waals surface area (Å²) in [7, 11) is 1.51. The second-order valence-electron chi connectivity index (χ2n) is 2.13. The Morgan fingerprint density at radius 1 is 1.36 bits per heavy atom. The van der Waals surface area contributed by atoms with Gasteiger partial charge in [-0.25, -0.2) is 0 Å². The Balaban J connectivity index is 3.25. The van der Waals surface area contributed by atoms with Gasteiger partial charge in [-0.2, -0.15) is 0 Å². The van der Waals surface area contributed by atoms with Crippen molar-refractivity contribution in [3.8, 4) is 5.75 Å². The Kier molecular flexibility index (Phi) is 2.10. The number of benzene rings is 1. The molecule has 0 atom stereocenters. The fourth-order valence-electron chi connectivity index (χ4n) is 0.852. The van der Waals surface area contributed by atoms with Crippen molar-refractivity contribution < 1.29 is 4.74 Å². The van der Waals surface area contributed by atoms with Crippen LogP contribution in [0.2, 0.25) is 5.02 Å². The van der Waals surface area contributed by atoms with Crippen molar-refractivity contribution in [3.63, 3.8) is 0 Å². The largest absolute Gasteiger partial charge is 0.493 e. The van der Waals surface area contributed by atoms with E-state index in [0.29, 0.717) is 22.1 Å². The standard InChI is InChI=1S/C7H9ClN2O/c1-11-7-5(8)2-4(9)3-6(7)10/h2-3H,9-10H2,1H3. The predicted octanol–water partition coefficient (Wildman–Crippen LogP) is 1.51. The van der Waals surface area contributed by atoms with Gasteiger partial charge >= 0.3 is 0 Å². The molecule has 11 heavy (non-hydrogen) atoms. The lowest BCUT2D eigenvalue weighted by molar-refractivity contribution is 0.417. The Morgan fingerprint density at radius 2 is 2.00 bits per heavy atom. The number of rotatable bonds is 1. The van der Waals surface area contributed by atoms with Crippen LogP contribution < -0.4 is 16.2 Å².